The molecule has 0 fully saturated rings. The Morgan fingerprint density at radius 2 is 1.76 bits per heavy atom. The van der Waals surface area contributed by atoms with Crippen molar-refractivity contribution in [2.24, 2.45) is 0 Å². The van der Waals surface area contributed by atoms with Crippen LogP contribution in [-0.4, -0.2) is 12.2 Å². The number of methoxy groups -OCH3 is 1. The van der Waals surface area contributed by atoms with E-state index >= 15 is 0 Å². The highest BCUT2D eigenvalue weighted by Gasteiger charge is 2.16. The molecule has 0 aliphatic rings. The molecule has 0 aromatic heterocycles. The first-order valence-corrected chi connectivity index (χ1v) is 7.33. The van der Waals surface area contributed by atoms with Crippen molar-refractivity contribution in [3.63, 3.8) is 0 Å². The molecule has 1 unspecified atom stereocenters. The number of hydrogen-bond acceptors (Lipinski definition) is 3. The molecule has 3 nitrogen and oxygen atoms in total. The molecule has 0 saturated carbocycles. The Bertz CT molecular complexity index is 566. The first kappa shape index (κ1) is 15.4. The maximum Gasteiger partial charge on any atom is 0.120 e. The van der Waals surface area contributed by atoms with Gasteiger partial charge in [0, 0.05) is 17.6 Å². The van der Waals surface area contributed by atoms with Gasteiger partial charge in [0.15, 0.2) is 0 Å². The highest BCUT2D eigenvalue weighted by Crippen LogP contribution is 2.28. The lowest BCUT2D eigenvalue weighted by Gasteiger charge is -2.24. The molecule has 0 amide bonds. The molecular formula is C18H23NO2. The van der Waals surface area contributed by atoms with Gasteiger partial charge in [-0.25, -0.2) is 0 Å². The van der Waals surface area contributed by atoms with E-state index in [1.165, 1.54) is 5.56 Å². The van der Waals surface area contributed by atoms with Crippen molar-refractivity contribution in [2.45, 2.75) is 32.4 Å². The van der Waals surface area contributed by atoms with Gasteiger partial charge < -0.3 is 15.2 Å². The summed E-state index contributed by atoms with van der Waals surface area (Å²) in [4.78, 5) is 0. The van der Waals surface area contributed by atoms with E-state index in [0.29, 0.717) is 5.75 Å². The van der Waals surface area contributed by atoms with E-state index in [2.05, 4.69) is 31.3 Å². The number of benzene rings is 2. The van der Waals surface area contributed by atoms with Gasteiger partial charge in [0.05, 0.1) is 7.11 Å². The summed E-state index contributed by atoms with van der Waals surface area (Å²) in [5.74, 6) is 1.21. The Balaban J connectivity index is 2.12. The molecule has 0 bridgehead atoms. The summed E-state index contributed by atoms with van der Waals surface area (Å²) in [7, 11) is 1.67. The smallest absolute Gasteiger partial charge is 0.120 e. The van der Waals surface area contributed by atoms with Gasteiger partial charge in [0.1, 0.15) is 11.5 Å². The molecule has 0 aliphatic heterocycles. The van der Waals surface area contributed by atoms with E-state index in [0.717, 1.165) is 17.7 Å². The number of nitrogens with one attached hydrogen (secondary N) is 1. The van der Waals surface area contributed by atoms with Crippen molar-refractivity contribution in [1.82, 2.24) is 5.32 Å². The van der Waals surface area contributed by atoms with Crippen LogP contribution < -0.4 is 10.1 Å². The average Bonchev–Trinajstić information content (AvgIpc) is 2.53. The summed E-state index contributed by atoms with van der Waals surface area (Å²) in [6, 6.07) is 15.9. The third-order valence-electron chi connectivity index (χ3n) is 3.79. The average molecular weight is 285 g/mol. The number of ether oxygens (including phenoxy) is 1. The normalized spacial score (nSPS) is 13.7. The third kappa shape index (κ3) is 3.76. The van der Waals surface area contributed by atoms with Crippen molar-refractivity contribution in [3.05, 3.63) is 59.7 Å². The minimum Gasteiger partial charge on any atom is -0.508 e. The highest BCUT2D eigenvalue weighted by molar-refractivity contribution is 5.35. The van der Waals surface area contributed by atoms with Gasteiger partial charge >= 0.3 is 0 Å². The Labute approximate surface area is 126 Å². The third-order valence-corrected chi connectivity index (χ3v) is 3.79. The second kappa shape index (κ2) is 7.14. The van der Waals surface area contributed by atoms with Crippen molar-refractivity contribution >= 4 is 0 Å². The van der Waals surface area contributed by atoms with E-state index in [9.17, 15) is 5.11 Å². The Morgan fingerprint density at radius 1 is 1.10 bits per heavy atom. The van der Waals surface area contributed by atoms with Gasteiger partial charge in [-0.15, -0.1) is 0 Å². The fourth-order valence-electron chi connectivity index (χ4n) is 2.50. The predicted molar refractivity (Wildman–Crippen MR) is 85.7 cm³/mol. The van der Waals surface area contributed by atoms with Crippen molar-refractivity contribution < 1.29 is 9.84 Å². The molecular weight excluding hydrogens is 262 g/mol. The van der Waals surface area contributed by atoms with Crippen molar-refractivity contribution in [1.29, 1.82) is 0 Å². The molecule has 0 saturated heterocycles. The standard InChI is InChI=1S/C18H23NO2/c1-4-17(16-7-5-6-8-18(16)20)19-13(2)14-9-11-15(21-3)12-10-14/h5-13,17,19-20H,4H2,1-3H3/t13-,17?/m1/s1. The Hall–Kier alpha value is -2.00. The van der Waals surface area contributed by atoms with E-state index in [-0.39, 0.29) is 12.1 Å². The summed E-state index contributed by atoms with van der Waals surface area (Å²) in [6.45, 7) is 4.25. The Morgan fingerprint density at radius 3 is 2.33 bits per heavy atom. The molecule has 2 aromatic rings. The minimum atomic E-state index is 0.128. The summed E-state index contributed by atoms with van der Waals surface area (Å²) >= 11 is 0. The summed E-state index contributed by atoms with van der Waals surface area (Å²) < 4.78 is 5.18. The maximum absolute atomic E-state index is 10.0. The largest absolute Gasteiger partial charge is 0.508 e. The fraction of sp³-hybridized carbons (Fsp3) is 0.333. The summed E-state index contributed by atoms with van der Waals surface area (Å²) in [5.41, 5.74) is 2.14. The number of hydrogen-bond donors (Lipinski definition) is 2. The first-order chi connectivity index (χ1) is 10.2. The maximum atomic E-state index is 10.0. The SMILES string of the molecule is CCC(N[C@H](C)c1ccc(OC)cc1)c1ccccc1O. The number of aromatic hydroxyl groups is 1. The van der Waals surface area contributed by atoms with Gasteiger partial charge in [0.25, 0.3) is 0 Å². The monoisotopic (exact) mass is 285 g/mol. The number of phenols is 1. The van der Waals surface area contributed by atoms with Crippen LogP contribution in [0.1, 0.15) is 43.5 Å². The molecule has 112 valence electrons. The van der Waals surface area contributed by atoms with Crippen LogP contribution >= 0.6 is 0 Å². The lowest BCUT2D eigenvalue weighted by atomic mass is 10.0. The van der Waals surface area contributed by atoms with Crippen LogP contribution in [0.4, 0.5) is 0 Å². The van der Waals surface area contributed by atoms with Crippen LogP contribution in [0.15, 0.2) is 48.5 Å². The van der Waals surface area contributed by atoms with Crippen molar-refractivity contribution in [2.75, 3.05) is 7.11 Å². The zero-order chi connectivity index (χ0) is 15.2. The van der Waals surface area contributed by atoms with E-state index < -0.39 is 0 Å². The van der Waals surface area contributed by atoms with Crippen LogP contribution in [-0.2, 0) is 0 Å². The topological polar surface area (TPSA) is 41.5 Å². The van der Waals surface area contributed by atoms with E-state index in [4.69, 9.17) is 4.74 Å². The number of para-hydroxylation sites is 1. The lowest BCUT2D eigenvalue weighted by molar-refractivity contribution is 0.411. The summed E-state index contributed by atoms with van der Waals surface area (Å²) in [5, 5.41) is 13.6. The molecule has 0 heterocycles. The van der Waals surface area contributed by atoms with Crippen LogP contribution in [0.3, 0.4) is 0 Å². The van der Waals surface area contributed by atoms with Gasteiger partial charge in [-0.3, -0.25) is 0 Å². The second-order valence-electron chi connectivity index (χ2n) is 5.18. The zero-order valence-electron chi connectivity index (χ0n) is 12.8. The van der Waals surface area contributed by atoms with Crippen LogP contribution in [0, 0.1) is 0 Å². The quantitative estimate of drug-likeness (QED) is 0.835. The van der Waals surface area contributed by atoms with Gasteiger partial charge in [-0.2, -0.15) is 0 Å². The molecule has 0 aliphatic carbocycles. The molecule has 2 aromatic carbocycles. The van der Waals surface area contributed by atoms with Crippen molar-refractivity contribution in [3.8, 4) is 11.5 Å². The van der Waals surface area contributed by atoms with Gasteiger partial charge in [-0.05, 0) is 37.1 Å². The molecule has 3 heteroatoms. The molecule has 2 N–H and O–H groups in total. The molecule has 2 atom stereocenters. The first-order valence-electron chi connectivity index (χ1n) is 7.33. The number of phenolic OH excluding ortho intramolecular Hbond substituents is 1. The van der Waals surface area contributed by atoms with Gasteiger partial charge in [-0.1, -0.05) is 37.3 Å². The van der Waals surface area contributed by atoms with E-state index in [1.807, 2.05) is 30.3 Å². The predicted octanol–water partition coefficient (Wildman–Crippen LogP) is 4.20. The molecule has 0 spiro atoms. The lowest BCUT2D eigenvalue weighted by Crippen LogP contribution is -2.24. The van der Waals surface area contributed by atoms with Crippen LogP contribution in [0.5, 0.6) is 11.5 Å². The molecule has 2 rings (SSSR count). The Kier molecular flexibility index (Phi) is 5.23. The molecule has 0 radical (unpaired) electrons. The molecule has 21 heavy (non-hydrogen) atoms. The fourth-order valence-corrected chi connectivity index (χ4v) is 2.50. The van der Waals surface area contributed by atoms with Crippen LogP contribution in [0.25, 0.3) is 0 Å². The second-order valence-corrected chi connectivity index (χ2v) is 5.18. The number of rotatable bonds is 6. The van der Waals surface area contributed by atoms with Crippen LogP contribution in [0.2, 0.25) is 0 Å². The van der Waals surface area contributed by atoms with Gasteiger partial charge in [0.2, 0.25) is 0 Å². The zero-order valence-corrected chi connectivity index (χ0v) is 12.8. The van der Waals surface area contributed by atoms with E-state index in [1.54, 1.807) is 13.2 Å². The summed E-state index contributed by atoms with van der Waals surface area (Å²) in [6.07, 6.45) is 0.915. The highest BCUT2D eigenvalue weighted by atomic mass is 16.5. The minimum absolute atomic E-state index is 0.128.